The summed E-state index contributed by atoms with van der Waals surface area (Å²) in [6, 6.07) is 10.1. The number of nitrogens with two attached hydrogens (primary N) is 1. The largest absolute Gasteiger partial charge is 0.382 e. The van der Waals surface area contributed by atoms with Gasteiger partial charge in [0.25, 0.3) is 5.91 Å². The van der Waals surface area contributed by atoms with E-state index in [1.54, 1.807) is 0 Å². The molecule has 1 aromatic carbocycles. The van der Waals surface area contributed by atoms with Crippen molar-refractivity contribution in [3.05, 3.63) is 59.0 Å². The number of nitrogens with zero attached hydrogens (tertiary/aromatic N) is 4. The number of amides is 1. The molecule has 0 bridgehead atoms. The van der Waals surface area contributed by atoms with Crippen LogP contribution < -0.4 is 11.1 Å². The lowest BCUT2D eigenvalue weighted by Gasteiger charge is -2.11. The zero-order chi connectivity index (χ0) is 16.9. The Hall–Kier alpha value is -2.87. The van der Waals surface area contributed by atoms with Gasteiger partial charge in [0.15, 0.2) is 11.5 Å². The first kappa shape index (κ1) is 16.0. The first-order chi connectivity index (χ1) is 11.7. The molecule has 0 unspecified atom stereocenters. The van der Waals surface area contributed by atoms with E-state index in [0.717, 1.165) is 11.4 Å². The van der Waals surface area contributed by atoms with Crippen molar-refractivity contribution >= 4 is 28.2 Å². The molecule has 24 heavy (non-hydrogen) atoms. The summed E-state index contributed by atoms with van der Waals surface area (Å²) in [4.78, 5) is 20.0. The molecule has 2 aromatic heterocycles. The molecule has 0 saturated heterocycles. The van der Waals surface area contributed by atoms with Crippen LogP contribution in [0.15, 0.2) is 42.7 Å². The zero-order valence-corrected chi connectivity index (χ0v) is 13.8. The maximum Gasteiger partial charge on any atom is 0.279 e. The number of benzene rings is 1. The lowest BCUT2D eigenvalue weighted by Crippen LogP contribution is -2.16. The van der Waals surface area contributed by atoms with E-state index >= 15 is 0 Å². The van der Waals surface area contributed by atoms with Gasteiger partial charge in [-0.05, 0) is 12.0 Å². The molecular formula is C16H16N6OS. The van der Waals surface area contributed by atoms with Crippen molar-refractivity contribution in [2.45, 2.75) is 19.3 Å². The van der Waals surface area contributed by atoms with Crippen molar-refractivity contribution in [3.63, 3.8) is 0 Å². The lowest BCUT2D eigenvalue weighted by molar-refractivity contribution is 0.102. The first-order valence-electron chi connectivity index (χ1n) is 7.45. The van der Waals surface area contributed by atoms with E-state index < -0.39 is 5.91 Å². The average molecular weight is 340 g/mol. The summed E-state index contributed by atoms with van der Waals surface area (Å²) in [6.45, 7) is 2.09. The van der Waals surface area contributed by atoms with Gasteiger partial charge in [0.05, 0.1) is 0 Å². The molecule has 1 atom stereocenters. The molecule has 3 rings (SSSR count). The van der Waals surface area contributed by atoms with Gasteiger partial charge in [0, 0.05) is 18.3 Å². The Morgan fingerprint density at radius 3 is 2.67 bits per heavy atom. The van der Waals surface area contributed by atoms with E-state index in [4.69, 9.17) is 5.73 Å². The summed E-state index contributed by atoms with van der Waals surface area (Å²) in [5.74, 6) is -0.220. The topological polar surface area (TPSA) is 107 Å². The summed E-state index contributed by atoms with van der Waals surface area (Å²) in [5, 5.41) is 12.2. The smallest absolute Gasteiger partial charge is 0.279 e. The lowest BCUT2D eigenvalue weighted by atomic mass is 9.97. The minimum Gasteiger partial charge on any atom is -0.382 e. The number of carbonyl (C=O) groups is 1. The highest BCUT2D eigenvalue weighted by atomic mass is 32.1. The number of rotatable bonds is 5. The van der Waals surface area contributed by atoms with Gasteiger partial charge in [-0.15, -0.1) is 10.2 Å². The molecule has 0 fully saturated rings. The van der Waals surface area contributed by atoms with E-state index in [1.165, 1.54) is 29.3 Å². The fourth-order valence-corrected chi connectivity index (χ4v) is 3.29. The maximum atomic E-state index is 12.2. The molecule has 0 saturated carbocycles. The van der Waals surface area contributed by atoms with Crippen LogP contribution in [0.2, 0.25) is 0 Å². The first-order valence-corrected chi connectivity index (χ1v) is 8.27. The molecule has 8 heteroatoms. The Kier molecular flexibility index (Phi) is 4.76. The van der Waals surface area contributed by atoms with Gasteiger partial charge in [0.1, 0.15) is 5.01 Å². The maximum absolute atomic E-state index is 12.2. The Bertz CT molecular complexity index is 835. The third kappa shape index (κ3) is 3.38. The molecule has 3 N–H and O–H groups in total. The van der Waals surface area contributed by atoms with Gasteiger partial charge >= 0.3 is 0 Å². The molecule has 0 aliphatic heterocycles. The van der Waals surface area contributed by atoms with Crippen LogP contribution in [-0.4, -0.2) is 26.1 Å². The second-order valence-corrected chi connectivity index (χ2v) is 6.07. The standard InChI is InChI=1S/C16H16N6OS/c1-2-11(10-6-4-3-5-7-10)15-21-22-16(24-15)20-14(23)12-13(17)19-9-8-18-12/h3-9,11H,2H2,1H3,(H2,17,19)(H,20,22,23)/t11-/m1/s1. The zero-order valence-electron chi connectivity index (χ0n) is 13.0. The number of anilines is 2. The monoisotopic (exact) mass is 340 g/mol. The summed E-state index contributed by atoms with van der Waals surface area (Å²) in [6.07, 6.45) is 3.74. The van der Waals surface area contributed by atoms with Crippen LogP contribution >= 0.6 is 11.3 Å². The number of nitrogens with one attached hydrogen (secondary N) is 1. The van der Waals surface area contributed by atoms with E-state index in [1.807, 2.05) is 18.2 Å². The highest BCUT2D eigenvalue weighted by molar-refractivity contribution is 7.15. The molecule has 0 aliphatic rings. The Labute approximate surface area is 143 Å². The second-order valence-electron chi connectivity index (χ2n) is 5.06. The Morgan fingerprint density at radius 1 is 1.21 bits per heavy atom. The normalized spacial score (nSPS) is 11.9. The summed E-state index contributed by atoms with van der Waals surface area (Å²) in [5.41, 5.74) is 6.91. The Balaban J connectivity index is 1.78. The number of carbonyl (C=O) groups excluding carboxylic acids is 1. The number of aromatic nitrogens is 4. The molecule has 2 heterocycles. The van der Waals surface area contributed by atoms with E-state index in [9.17, 15) is 4.79 Å². The van der Waals surface area contributed by atoms with Crippen LogP contribution in [0.1, 0.15) is 40.3 Å². The molecule has 0 spiro atoms. The average Bonchev–Trinajstić information content (AvgIpc) is 3.05. The summed E-state index contributed by atoms with van der Waals surface area (Å²) >= 11 is 1.35. The minimum atomic E-state index is -0.448. The van der Waals surface area contributed by atoms with E-state index in [-0.39, 0.29) is 17.4 Å². The molecule has 0 radical (unpaired) electrons. The predicted molar refractivity (Wildman–Crippen MR) is 92.9 cm³/mol. The second kappa shape index (κ2) is 7.14. The van der Waals surface area contributed by atoms with Crippen LogP contribution in [0.5, 0.6) is 0 Å². The van der Waals surface area contributed by atoms with Crippen molar-refractivity contribution in [1.29, 1.82) is 0 Å². The van der Waals surface area contributed by atoms with Gasteiger partial charge in [-0.1, -0.05) is 48.6 Å². The van der Waals surface area contributed by atoms with Crippen molar-refractivity contribution in [2.75, 3.05) is 11.1 Å². The van der Waals surface area contributed by atoms with E-state index in [2.05, 4.69) is 44.5 Å². The molecular weight excluding hydrogens is 324 g/mol. The van der Waals surface area contributed by atoms with Gasteiger partial charge in [-0.25, -0.2) is 9.97 Å². The van der Waals surface area contributed by atoms with Crippen LogP contribution in [0, 0.1) is 0 Å². The summed E-state index contributed by atoms with van der Waals surface area (Å²) in [7, 11) is 0. The highest BCUT2D eigenvalue weighted by Gasteiger charge is 2.19. The molecule has 3 aromatic rings. The van der Waals surface area contributed by atoms with Gasteiger partial charge < -0.3 is 5.73 Å². The molecule has 1 amide bonds. The highest BCUT2D eigenvalue weighted by Crippen LogP contribution is 2.31. The fraction of sp³-hybridized carbons (Fsp3) is 0.188. The number of hydrogen-bond donors (Lipinski definition) is 2. The number of nitrogen functional groups attached to an aromatic ring is 1. The molecule has 0 aliphatic carbocycles. The minimum absolute atomic E-state index is 0.0735. The van der Waals surface area contributed by atoms with Crippen LogP contribution in [-0.2, 0) is 0 Å². The van der Waals surface area contributed by atoms with Gasteiger partial charge in [-0.2, -0.15) is 0 Å². The third-order valence-electron chi connectivity index (χ3n) is 3.51. The van der Waals surface area contributed by atoms with Crippen LogP contribution in [0.4, 0.5) is 10.9 Å². The van der Waals surface area contributed by atoms with Gasteiger partial charge in [0.2, 0.25) is 5.13 Å². The van der Waals surface area contributed by atoms with Crippen molar-refractivity contribution in [2.24, 2.45) is 0 Å². The Morgan fingerprint density at radius 2 is 1.96 bits per heavy atom. The quantitative estimate of drug-likeness (QED) is 0.739. The number of hydrogen-bond acceptors (Lipinski definition) is 7. The van der Waals surface area contributed by atoms with Crippen molar-refractivity contribution in [1.82, 2.24) is 20.2 Å². The van der Waals surface area contributed by atoms with Crippen molar-refractivity contribution < 1.29 is 4.79 Å². The van der Waals surface area contributed by atoms with Crippen LogP contribution in [0.3, 0.4) is 0 Å². The molecule has 122 valence electrons. The fourth-order valence-electron chi connectivity index (χ4n) is 2.34. The third-order valence-corrected chi connectivity index (χ3v) is 4.46. The predicted octanol–water partition coefficient (Wildman–Crippen LogP) is 2.70. The van der Waals surface area contributed by atoms with Crippen LogP contribution in [0.25, 0.3) is 0 Å². The van der Waals surface area contributed by atoms with Crippen molar-refractivity contribution in [3.8, 4) is 0 Å². The van der Waals surface area contributed by atoms with E-state index in [0.29, 0.717) is 5.13 Å². The van der Waals surface area contributed by atoms with Gasteiger partial charge in [-0.3, -0.25) is 10.1 Å². The SMILES string of the molecule is CC[C@H](c1ccccc1)c1nnc(NC(=O)c2nccnc2N)s1. The molecule has 7 nitrogen and oxygen atoms in total. The summed E-state index contributed by atoms with van der Waals surface area (Å²) < 4.78 is 0.